The van der Waals surface area contributed by atoms with Gasteiger partial charge in [0.25, 0.3) is 5.91 Å². The van der Waals surface area contributed by atoms with Crippen molar-refractivity contribution in [1.82, 2.24) is 10.3 Å². The van der Waals surface area contributed by atoms with Gasteiger partial charge < -0.3 is 16.4 Å². The first kappa shape index (κ1) is 12.8. The lowest BCUT2D eigenvalue weighted by atomic mass is 10.1. The number of hydrogen-bond acceptors (Lipinski definition) is 4. The maximum Gasteiger partial charge on any atom is 0.269 e. The van der Waals surface area contributed by atoms with E-state index in [0.29, 0.717) is 18.8 Å². The molecule has 1 aliphatic rings. The molecular formula is C13H20N4O. The highest BCUT2D eigenvalue weighted by molar-refractivity contribution is 5.93. The van der Waals surface area contributed by atoms with E-state index in [9.17, 15) is 4.79 Å². The van der Waals surface area contributed by atoms with E-state index in [-0.39, 0.29) is 11.3 Å². The van der Waals surface area contributed by atoms with E-state index in [1.165, 1.54) is 12.8 Å². The zero-order valence-corrected chi connectivity index (χ0v) is 10.7. The monoisotopic (exact) mass is 248 g/mol. The van der Waals surface area contributed by atoms with E-state index < -0.39 is 0 Å². The zero-order valence-electron chi connectivity index (χ0n) is 10.7. The number of nitrogens with two attached hydrogens (primary N) is 1. The van der Waals surface area contributed by atoms with Crippen molar-refractivity contribution in [3.8, 4) is 0 Å². The van der Waals surface area contributed by atoms with Crippen molar-refractivity contribution in [3.05, 3.63) is 24.0 Å². The average Bonchev–Trinajstić information content (AvgIpc) is 3.18. The fraction of sp³-hybridized carbons (Fsp3) is 0.538. The van der Waals surface area contributed by atoms with E-state index in [1.54, 1.807) is 12.3 Å². The predicted octanol–water partition coefficient (Wildman–Crippen LogP) is 0.982. The molecule has 0 atom stereocenters. The topological polar surface area (TPSA) is 80.0 Å². The second-order valence-corrected chi connectivity index (χ2v) is 4.85. The van der Waals surface area contributed by atoms with Crippen LogP contribution in [0.4, 0.5) is 5.69 Å². The third-order valence-electron chi connectivity index (χ3n) is 3.39. The zero-order chi connectivity index (χ0) is 13.0. The first-order valence-corrected chi connectivity index (χ1v) is 6.37. The molecule has 0 spiro atoms. The minimum absolute atomic E-state index is 0.138. The fourth-order valence-corrected chi connectivity index (χ4v) is 1.84. The van der Waals surface area contributed by atoms with Crippen LogP contribution < -0.4 is 16.4 Å². The second-order valence-electron chi connectivity index (χ2n) is 4.85. The highest BCUT2D eigenvalue weighted by Crippen LogP contribution is 2.44. The molecule has 98 valence electrons. The van der Waals surface area contributed by atoms with E-state index in [2.05, 4.69) is 15.6 Å². The van der Waals surface area contributed by atoms with Crippen molar-refractivity contribution in [3.63, 3.8) is 0 Å². The highest BCUT2D eigenvalue weighted by atomic mass is 16.1. The molecule has 0 unspecified atom stereocenters. The van der Waals surface area contributed by atoms with Crippen LogP contribution in [-0.2, 0) is 0 Å². The molecule has 18 heavy (non-hydrogen) atoms. The number of amides is 1. The molecule has 0 bridgehead atoms. The Balaban J connectivity index is 1.97. The number of aromatic nitrogens is 1. The number of pyridine rings is 1. The lowest BCUT2D eigenvalue weighted by Gasteiger charge is -2.14. The Morgan fingerprint density at radius 2 is 2.33 bits per heavy atom. The van der Waals surface area contributed by atoms with Crippen LogP contribution in [0.2, 0.25) is 0 Å². The summed E-state index contributed by atoms with van der Waals surface area (Å²) in [5, 5.41) is 6.07. The van der Waals surface area contributed by atoms with Gasteiger partial charge in [-0.25, -0.2) is 0 Å². The third kappa shape index (κ3) is 2.98. The number of rotatable bonds is 6. The van der Waals surface area contributed by atoms with Crippen LogP contribution in [0.1, 0.15) is 30.3 Å². The summed E-state index contributed by atoms with van der Waals surface area (Å²) in [6, 6.07) is 3.65. The molecule has 0 aliphatic heterocycles. The molecule has 1 aromatic rings. The number of carbonyl (C=O) groups is 1. The minimum Gasteiger partial charge on any atom is -0.384 e. The van der Waals surface area contributed by atoms with Gasteiger partial charge >= 0.3 is 0 Å². The van der Waals surface area contributed by atoms with Crippen molar-refractivity contribution in [2.45, 2.75) is 19.8 Å². The van der Waals surface area contributed by atoms with Crippen LogP contribution in [0.15, 0.2) is 18.3 Å². The Morgan fingerprint density at radius 1 is 1.56 bits per heavy atom. The van der Waals surface area contributed by atoms with Gasteiger partial charge in [-0.2, -0.15) is 0 Å². The SMILES string of the molecule is CCNC(=O)c1cc(NCC2(CN)CC2)ccn1. The largest absolute Gasteiger partial charge is 0.384 e. The van der Waals surface area contributed by atoms with E-state index in [1.807, 2.05) is 13.0 Å². The van der Waals surface area contributed by atoms with Crippen LogP contribution in [0, 0.1) is 5.41 Å². The van der Waals surface area contributed by atoms with Crippen LogP contribution in [0.5, 0.6) is 0 Å². The van der Waals surface area contributed by atoms with Crippen LogP contribution in [-0.4, -0.2) is 30.5 Å². The molecular weight excluding hydrogens is 228 g/mol. The van der Waals surface area contributed by atoms with E-state index in [0.717, 1.165) is 12.2 Å². The molecule has 0 aromatic carbocycles. The molecule has 0 radical (unpaired) electrons. The molecule has 4 N–H and O–H groups in total. The summed E-state index contributed by atoms with van der Waals surface area (Å²) in [5.41, 5.74) is 7.37. The summed E-state index contributed by atoms with van der Waals surface area (Å²) in [5.74, 6) is -0.138. The van der Waals surface area contributed by atoms with Gasteiger partial charge in [-0.3, -0.25) is 9.78 Å². The van der Waals surface area contributed by atoms with Crippen molar-refractivity contribution < 1.29 is 4.79 Å². The third-order valence-corrected chi connectivity index (χ3v) is 3.39. The van der Waals surface area contributed by atoms with Crippen molar-refractivity contribution in [1.29, 1.82) is 0 Å². The van der Waals surface area contributed by atoms with Crippen molar-refractivity contribution >= 4 is 11.6 Å². The Hall–Kier alpha value is -1.62. The van der Waals surface area contributed by atoms with Crippen LogP contribution in [0.3, 0.4) is 0 Å². The molecule has 1 aromatic heterocycles. The fourth-order valence-electron chi connectivity index (χ4n) is 1.84. The number of hydrogen-bond donors (Lipinski definition) is 3. The summed E-state index contributed by atoms with van der Waals surface area (Å²) in [4.78, 5) is 15.7. The maximum atomic E-state index is 11.6. The minimum atomic E-state index is -0.138. The molecule has 1 saturated carbocycles. The van der Waals surface area contributed by atoms with Crippen molar-refractivity contribution in [2.75, 3.05) is 25.0 Å². The van der Waals surface area contributed by atoms with Gasteiger partial charge in [-0.05, 0) is 43.9 Å². The molecule has 0 saturated heterocycles. The molecule has 1 amide bonds. The van der Waals surface area contributed by atoms with E-state index >= 15 is 0 Å². The molecule has 1 fully saturated rings. The second kappa shape index (κ2) is 5.35. The predicted molar refractivity (Wildman–Crippen MR) is 71.5 cm³/mol. The van der Waals surface area contributed by atoms with Gasteiger partial charge in [0.2, 0.25) is 0 Å². The first-order chi connectivity index (χ1) is 8.69. The highest BCUT2D eigenvalue weighted by Gasteiger charge is 2.40. The molecule has 5 heteroatoms. The maximum absolute atomic E-state index is 11.6. The Kier molecular flexibility index (Phi) is 3.81. The van der Waals surface area contributed by atoms with Gasteiger partial charge in [0.15, 0.2) is 0 Å². The number of anilines is 1. The summed E-state index contributed by atoms with van der Waals surface area (Å²) in [7, 11) is 0. The number of nitrogens with one attached hydrogen (secondary N) is 2. The summed E-state index contributed by atoms with van der Waals surface area (Å²) in [6.45, 7) is 4.07. The smallest absolute Gasteiger partial charge is 0.269 e. The van der Waals surface area contributed by atoms with Gasteiger partial charge in [-0.15, -0.1) is 0 Å². The summed E-state index contributed by atoms with van der Waals surface area (Å²) < 4.78 is 0. The Labute approximate surface area is 107 Å². The van der Waals surface area contributed by atoms with Gasteiger partial charge in [0, 0.05) is 25.0 Å². The normalized spacial score (nSPS) is 16.1. The lowest BCUT2D eigenvalue weighted by molar-refractivity contribution is 0.0951. The van der Waals surface area contributed by atoms with Gasteiger partial charge in [-0.1, -0.05) is 0 Å². The summed E-state index contributed by atoms with van der Waals surface area (Å²) >= 11 is 0. The van der Waals surface area contributed by atoms with Gasteiger partial charge in [0.1, 0.15) is 5.69 Å². The van der Waals surface area contributed by atoms with Gasteiger partial charge in [0.05, 0.1) is 0 Å². The lowest BCUT2D eigenvalue weighted by Crippen LogP contribution is -2.25. The molecule has 5 nitrogen and oxygen atoms in total. The standard InChI is InChI=1S/C13H20N4O/c1-2-15-12(18)11-7-10(3-6-16-11)17-9-13(8-14)4-5-13/h3,6-7H,2,4-5,8-9,14H2,1H3,(H,15,18)(H,16,17). The average molecular weight is 248 g/mol. The number of nitrogens with zero attached hydrogens (tertiary/aromatic N) is 1. The summed E-state index contributed by atoms with van der Waals surface area (Å²) in [6.07, 6.45) is 4.02. The van der Waals surface area contributed by atoms with Crippen LogP contribution in [0.25, 0.3) is 0 Å². The molecule has 1 aliphatic carbocycles. The first-order valence-electron chi connectivity index (χ1n) is 6.37. The Morgan fingerprint density at radius 3 is 2.94 bits per heavy atom. The Bertz CT molecular complexity index is 429. The number of carbonyl (C=O) groups excluding carboxylic acids is 1. The van der Waals surface area contributed by atoms with E-state index in [4.69, 9.17) is 5.73 Å². The molecule has 1 heterocycles. The van der Waals surface area contributed by atoms with Crippen molar-refractivity contribution in [2.24, 2.45) is 11.1 Å². The van der Waals surface area contributed by atoms with Crippen LogP contribution >= 0.6 is 0 Å². The molecule has 2 rings (SSSR count). The quantitative estimate of drug-likeness (QED) is 0.701.